The molecule has 2 unspecified atom stereocenters. The molecule has 4 heteroatoms. The number of hydrogen-bond acceptors (Lipinski definition) is 3. The third-order valence-corrected chi connectivity index (χ3v) is 2.71. The standard InChI is InChI=1S/C11H21NO3/c1-3-5-7-10(8-12(14)15)11(9-13)6-4-2/h9-11H,3-8H2,1-2H3. The van der Waals surface area contributed by atoms with Crippen molar-refractivity contribution in [3.8, 4) is 0 Å². The number of unbranched alkanes of at least 4 members (excludes halogenated alkanes) is 1. The molecule has 2 atom stereocenters. The van der Waals surface area contributed by atoms with Crippen LogP contribution in [-0.4, -0.2) is 17.8 Å². The fourth-order valence-corrected chi connectivity index (χ4v) is 1.85. The summed E-state index contributed by atoms with van der Waals surface area (Å²) >= 11 is 0. The van der Waals surface area contributed by atoms with Crippen molar-refractivity contribution < 1.29 is 9.72 Å². The third kappa shape index (κ3) is 6.20. The number of aldehydes is 1. The summed E-state index contributed by atoms with van der Waals surface area (Å²) in [7, 11) is 0. The zero-order valence-corrected chi connectivity index (χ0v) is 9.65. The Morgan fingerprint density at radius 1 is 1.27 bits per heavy atom. The van der Waals surface area contributed by atoms with Crippen LogP contribution in [0.2, 0.25) is 0 Å². The van der Waals surface area contributed by atoms with E-state index in [9.17, 15) is 14.9 Å². The van der Waals surface area contributed by atoms with E-state index in [-0.39, 0.29) is 23.3 Å². The maximum Gasteiger partial charge on any atom is 0.207 e. The van der Waals surface area contributed by atoms with Crippen LogP contribution in [0.1, 0.15) is 46.0 Å². The van der Waals surface area contributed by atoms with Crippen molar-refractivity contribution in [3.05, 3.63) is 10.1 Å². The SMILES string of the molecule is CCCCC(C[N+](=O)[O-])C(C=O)CCC. The maximum atomic E-state index is 10.9. The molecule has 0 spiro atoms. The Labute approximate surface area is 91.2 Å². The van der Waals surface area contributed by atoms with Gasteiger partial charge in [0.1, 0.15) is 6.29 Å². The highest BCUT2D eigenvalue weighted by Crippen LogP contribution is 2.21. The molecule has 0 amide bonds. The van der Waals surface area contributed by atoms with Gasteiger partial charge in [-0.15, -0.1) is 0 Å². The Morgan fingerprint density at radius 2 is 1.93 bits per heavy atom. The first kappa shape index (κ1) is 14.1. The van der Waals surface area contributed by atoms with Crippen LogP contribution in [0, 0.1) is 22.0 Å². The molecule has 0 aromatic heterocycles. The molecule has 0 aromatic rings. The number of carbonyl (C=O) groups excluding carboxylic acids is 1. The smallest absolute Gasteiger partial charge is 0.207 e. The summed E-state index contributed by atoms with van der Waals surface area (Å²) in [5.41, 5.74) is 0. The molecule has 0 rings (SSSR count). The summed E-state index contributed by atoms with van der Waals surface area (Å²) in [6.07, 6.45) is 5.35. The van der Waals surface area contributed by atoms with Crippen molar-refractivity contribution in [3.63, 3.8) is 0 Å². The molecule has 0 heterocycles. The van der Waals surface area contributed by atoms with Gasteiger partial charge < -0.3 is 4.79 Å². The average Bonchev–Trinajstić information content (AvgIpc) is 2.20. The average molecular weight is 215 g/mol. The topological polar surface area (TPSA) is 60.2 Å². The van der Waals surface area contributed by atoms with E-state index < -0.39 is 0 Å². The van der Waals surface area contributed by atoms with E-state index in [0.717, 1.165) is 38.4 Å². The number of nitro groups is 1. The fourth-order valence-electron chi connectivity index (χ4n) is 1.85. The number of carbonyl (C=O) groups is 1. The Bertz CT molecular complexity index is 194. The van der Waals surface area contributed by atoms with E-state index in [4.69, 9.17) is 0 Å². The summed E-state index contributed by atoms with van der Waals surface area (Å²) in [5, 5.41) is 10.5. The summed E-state index contributed by atoms with van der Waals surface area (Å²) in [6, 6.07) is 0. The van der Waals surface area contributed by atoms with Gasteiger partial charge in [0, 0.05) is 16.8 Å². The van der Waals surface area contributed by atoms with Crippen LogP contribution in [0.3, 0.4) is 0 Å². The first-order chi connectivity index (χ1) is 7.15. The van der Waals surface area contributed by atoms with Gasteiger partial charge in [0.25, 0.3) is 0 Å². The van der Waals surface area contributed by atoms with Gasteiger partial charge in [-0.25, -0.2) is 0 Å². The molecule has 0 aliphatic rings. The second-order valence-electron chi connectivity index (χ2n) is 4.01. The van der Waals surface area contributed by atoms with Crippen LogP contribution in [0.25, 0.3) is 0 Å². The van der Waals surface area contributed by atoms with Crippen molar-refractivity contribution in [1.82, 2.24) is 0 Å². The van der Waals surface area contributed by atoms with E-state index in [0.29, 0.717) is 0 Å². The number of nitrogens with zero attached hydrogens (tertiary/aromatic N) is 1. The molecule has 0 aliphatic carbocycles. The van der Waals surface area contributed by atoms with Crippen molar-refractivity contribution in [2.75, 3.05) is 6.54 Å². The Hall–Kier alpha value is -0.930. The molecule has 0 aromatic carbocycles. The number of hydrogen-bond donors (Lipinski definition) is 0. The van der Waals surface area contributed by atoms with Gasteiger partial charge >= 0.3 is 0 Å². The highest BCUT2D eigenvalue weighted by atomic mass is 16.6. The van der Waals surface area contributed by atoms with Gasteiger partial charge in [-0.05, 0) is 12.8 Å². The lowest BCUT2D eigenvalue weighted by Gasteiger charge is -2.18. The fraction of sp³-hybridized carbons (Fsp3) is 0.909. The van der Waals surface area contributed by atoms with Gasteiger partial charge in [0.05, 0.1) is 0 Å². The minimum absolute atomic E-state index is 0.0661. The molecule has 0 fully saturated rings. The lowest BCUT2D eigenvalue weighted by molar-refractivity contribution is -0.489. The largest absolute Gasteiger partial charge is 0.303 e. The normalized spacial score (nSPS) is 14.5. The molecule has 88 valence electrons. The zero-order valence-electron chi connectivity index (χ0n) is 9.65. The van der Waals surface area contributed by atoms with Crippen LogP contribution >= 0.6 is 0 Å². The van der Waals surface area contributed by atoms with Crippen LogP contribution < -0.4 is 0 Å². The van der Waals surface area contributed by atoms with Crippen LogP contribution in [0.15, 0.2) is 0 Å². The molecule has 0 bridgehead atoms. The lowest BCUT2D eigenvalue weighted by atomic mass is 9.86. The van der Waals surface area contributed by atoms with Gasteiger partial charge in [0.2, 0.25) is 6.54 Å². The Kier molecular flexibility index (Phi) is 7.86. The minimum atomic E-state index is -0.299. The van der Waals surface area contributed by atoms with Crippen LogP contribution in [-0.2, 0) is 4.79 Å². The van der Waals surface area contributed by atoms with E-state index in [2.05, 4.69) is 6.92 Å². The maximum absolute atomic E-state index is 10.9. The molecule has 0 aliphatic heterocycles. The molecule has 0 N–H and O–H groups in total. The number of rotatable bonds is 9. The highest BCUT2D eigenvalue weighted by Gasteiger charge is 2.24. The Morgan fingerprint density at radius 3 is 2.33 bits per heavy atom. The minimum Gasteiger partial charge on any atom is -0.303 e. The second kappa shape index (κ2) is 8.38. The molecule has 0 saturated carbocycles. The summed E-state index contributed by atoms with van der Waals surface area (Å²) in [5.74, 6) is -0.204. The van der Waals surface area contributed by atoms with E-state index in [1.165, 1.54) is 0 Å². The molecule has 0 saturated heterocycles. The van der Waals surface area contributed by atoms with Crippen LogP contribution in [0.4, 0.5) is 0 Å². The van der Waals surface area contributed by atoms with E-state index >= 15 is 0 Å². The van der Waals surface area contributed by atoms with Crippen LogP contribution in [0.5, 0.6) is 0 Å². The Balaban J connectivity index is 4.27. The first-order valence-corrected chi connectivity index (χ1v) is 5.72. The van der Waals surface area contributed by atoms with Gasteiger partial charge in [-0.2, -0.15) is 0 Å². The van der Waals surface area contributed by atoms with Crippen molar-refractivity contribution >= 4 is 6.29 Å². The molecular formula is C11H21NO3. The summed E-state index contributed by atoms with van der Waals surface area (Å²) < 4.78 is 0. The van der Waals surface area contributed by atoms with E-state index in [1.54, 1.807) is 0 Å². The first-order valence-electron chi connectivity index (χ1n) is 5.72. The molecule has 0 radical (unpaired) electrons. The predicted molar refractivity (Wildman–Crippen MR) is 59.3 cm³/mol. The second-order valence-corrected chi connectivity index (χ2v) is 4.01. The summed E-state index contributed by atoms with van der Waals surface area (Å²) in [4.78, 5) is 21.0. The van der Waals surface area contributed by atoms with Crippen molar-refractivity contribution in [1.29, 1.82) is 0 Å². The highest BCUT2D eigenvalue weighted by molar-refractivity contribution is 5.53. The van der Waals surface area contributed by atoms with Gasteiger partial charge in [0.15, 0.2) is 0 Å². The van der Waals surface area contributed by atoms with Crippen molar-refractivity contribution in [2.45, 2.75) is 46.0 Å². The third-order valence-electron chi connectivity index (χ3n) is 2.71. The summed E-state index contributed by atoms with van der Waals surface area (Å²) in [6.45, 7) is 3.99. The quantitative estimate of drug-likeness (QED) is 0.337. The monoisotopic (exact) mass is 215 g/mol. The van der Waals surface area contributed by atoms with Gasteiger partial charge in [-0.3, -0.25) is 10.1 Å². The predicted octanol–water partition coefficient (Wildman–Crippen LogP) is 2.68. The molecular weight excluding hydrogens is 194 g/mol. The van der Waals surface area contributed by atoms with Gasteiger partial charge in [-0.1, -0.05) is 33.1 Å². The van der Waals surface area contributed by atoms with E-state index in [1.807, 2.05) is 6.92 Å². The lowest BCUT2D eigenvalue weighted by Crippen LogP contribution is -2.24. The molecule has 15 heavy (non-hydrogen) atoms. The zero-order chi connectivity index (χ0) is 11.7. The molecule has 4 nitrogen and oxygen atoms in total. The van der Waals surface area contributed by atoms with Crippen molar-refractivity contribution in [2.24, 2.45) is 11.8 Å².